The van der Waals surface area contributed by atoms with E-state index in [0.29, 0.717) is 17.6 Å². The zero-order valence-electron chi connectivity index (χ0n) is 19.0. The van der Waals surface area contributed by atoms with Gasteiger partial charge in [0.1, 0.15) is 5.60 Å². The fraction of sp³-hybridized carbons (Fsp3) is 0.320. The number of urea groups is 1. The number of hydrogen-bond acceptors (Lipinski definition) is 4. The number of aromatic nitrogens is 1. The van der Waals surface area contributed by atoms with E-state index < -0.39 is 17.7 Å². The summed E-state index contributed by atoms with van der Waals surface area (Å²) >= 11 is 0. The molecule has 2 heterocycles. The molecule has 172 valence electrons. The predicted molar refractivity (Wildman–Crippen MR) is 127 cm³/mol. The van der Waals surface area contributed by atoms with Crippen molar-refractivity contribution < 1.29 is 14.3 Å². The third kappa shape index (κ3) is 5.16. The average molecular weight is 449 g/mol. The Morgan fingerprint density at radius 3 is 2.73 bits per heavy atom. The summed E-state index contributed by atoms with van der Waals surface area (Å²) in [6.45, 7) is 6.25. The Hall–Kier alpha value is -3.81. The average Bonchev–Trinajstić information content (AvgIpc) is 2.76. The van der Waals surface area contributed by atoms with Gasteiger partial charge >= 0.3 is 12.1 Å². The fourth-order valence-electron chi connectivity index (χ4n) is 4.05. The number of nitrogens with zero attached hydrogens (tertiary/aromatic N) is 1. The van der Waals surface area contributed by atoms with Crippen molar-refractivity contribution >= 4 is 28.6 Å². The largest absolute Gasteiger partial charge is 0.444 e. The Labute approximate surface area is 191 Å². The van der Waals surface area contributed by atoms with Crippen LogP contribution in [0, 0.1) is 0 Å². The van der Waals surface area contributed by atoms with Gasteiger partial charge in [-0.1, -0.05) is 24.3 Å². The van der Waals surface area contributed by atoms with Gasteiger partial charge in [-0.3, -0.25) is 9.69 Å². The molecule has 4 rings (SSSR count). The monoisotopic (exact) mass is 448 g/mol. The molecule has 1 unspecified atom stereocenters. The molecule has 1 atom stereocenters. The van der Waals surface area contributed by atoms with E-state index in [2.05, 4.69) is 15.6 Å². The number of hydrogen-bond donors (Lipinski definition) is 3. The number of carbonyl (C=O) groups excluding carboxylic acids is 2. The number of ether oxygens (including phenoxy) is 1. The van der Waals surface area contributed by atoms with Crippen molar-refractivity contribution in [3.8, 4) is 0 Å². The highest BCUT2D eigenvalue weighted by atomic mass is 16.6. The smallest absolute Gasteiger partial charge is 0.410 e. The van der Waals surface area contributed by atoms with Gasteiger partial charge in [0.15, 0.2) is 0 Å². The molecular formula is C25H28N4O4. The standard InChI is InChI=1S/C25H28N4O4/c1-25(2,3)33-24(32)29-13-11-16-6-4-5-7-19(16)21(29)15-27-23(31)28-18-8-9-20-17(14-18)10-12-26-22(20)30/h4-10,12,14,21H,11,13,15H2,1-3H3,(H,26,30)(H2,27,28,31). The lowest BCUT2D eigenvalue weighted by Crippen LogP contribution is -2.47. The highest BCUT2D eigenvalue weighted by molar-refractivity contribution is 5.93. The van der Waals surface area contributed by atoms with Gasteiger partial charge in [0.25, 0.3) is 5.56 Å². The molecule has 3 amide bonds. The van der Waals surface area contributed by atoms with Crippen molar-refractivity contribution in [2.45, 2.75) is 38.8 Å². The summed E-state index contributed by atoms with van der Waals surface area (Å²) < 4.78 is 5.61. The van der Waals surface area contributed by atoms with Crippen LogP contribution < -0.4 is 16.2 Å². The zero-order valence-corrected chi connectivity index (χ0v) is 19.0. The summed E-state index contributed by atoms with van der Waals surface area (Å²) in [7, 11) is 0. The van der Waals surface area contributed by atoms with Crippen molar-refractivity contribution in [3.63, 3.8) is 0 Å². The molecule has 0 bridgehead atoms. The Kier molecular flexibility index (Phi) is 6.09. The molecule has 0 saturated carbocycles. The van der Waals surface area contributed by atoms with Gasteiger partial charge < -0.3 is 20.4 Å². The van der Waals surface area contributed by atoms with E-state index in [1.54, 1.807) is 35.4 Å². The second-order valence-corrected chi connectivity index (χ2v) is 9.08. The van der Waals surface area contributed by atoms with E-state index in [1.807, 2.05) is 45.0 Å². The number of amides is 3. The molecule has 8 nitrogen and oxygen atoms in total. The minimum Gasteiger partial charge on any atom is -0.444 e. The first-order valence-electron chi connectivity index (χ1n) is 10.9. The van der Waals surface area contributed by atoms with Crippen LogP contribution in [0.1, 0.15) is 37.9 Å². The molecule has 0 radical (unpaired) electrons. The lowest BCUT2D eigenvalue weighted by molar-refractivity contribution is 0.0144. The summed E-state index contributed by atoms with van der Waals surface area (Å²) in [6.07, 6.45) is 1.90. The van der Waals surface area contributed by atoms with Gasteiger partial charge in [0, 0.05) is 30.4 Å². The van der Waals surface area contributed by atoms with Gasteiger partial charge in [0.2, 0.25) is 0 Å². The van der Waals surface area contributed by atoms with E-state index in [-0.39, 0.29) is 18.1 Å². The number of H-pyrrole nitrogens is 1. The maximum Gasteiger partial charge on any atom is 0.410 e. The summed E-state index contributed by atoms with van der Waals surface area (Å²) in [6, 6.07) is 14.1. The Bertz CT molecular complexity index is 1240. The molecular weight excluding hydrogens is 420 g/mol. The Morgan fingerprint density at radius 1 is 1.15 bits per heavy atom. The van der Waals surface area contributed by atoms with Crippen molar-refractivity contribution in [1.29, 1.82) is 0 Å². The molecule has 3 aromatic rings. The number of fused-ring (bicyclic) bond motifs is 2. The van der Waals surface area contributed by atoms with Crippen LogP contribution >= 0.6 is 0 Å². The topological polar surface area (TPSA) is 104 Å². The number of aromatic amines is 1. The minimum atomic E-state index is -0.610. The first-order valence-corrected chi connectivity index (χ1v) is 10.9. The molecule has 1 aromatic heterocycles. The number of rotatable bonds is 3. The van der Waals surface area contributed by atoms with E-state index in [1.165, 1.54) is 0 Å². The van der Waals surface area contributed by atoms with E-state index >= 15 is 0 Å². The highest BCUT2D eigenvalue weighted by Crippen LogP contribution is 2.30. The van der Waals surface area contributed by atoms with Crippen molar-refractivity contribution in [2.24, 2.45) is 0 Å². The molecule has 0 spiro atoms. The summed E-state index contributed by atoms with van der Waals surface area (Å²) in [4.78, 5) is 41.7. The van der Waals surface area contributed by atoms with Gasteiger partial charge in [0.05, 0.1) is 6.04 Å². The first-order chi connectivity index (χ1) is 15.7. The molecule has 0 aliphatic carbocycles. The maximum absolute atomic E-state index is 12.9. The molecule has 1 aliphatic heterocycles. The van der Waals surface area contributed by atoms with Crippen LogP contribution in [0.25, 0.3) is 10.8 Å². The number of carbonyl (C=O) groups is 2. The third-order valence-corrected chi connectivity index (χ3v) is 5.53. The van der Waals surface area contributed by atoms with Crippen molar-refractivity contribution in [1.82, 2.24) is 15.2 Å². The number of nitrogens with one attached hydrogen (secondary N) is 3. The second-order valence-electron chi connectivity index (χ2n) is 9.08. The minimum absolute atomic E-state index is 0.179. The van der Waals surface area contributed by atoms with Gasteiger partial charge in [-0.25, -0.2) is 9.59 Å². The third-order valence-electron chi connectivity index (χ3n) is 5.53. The predicted octanol–water partition coefficient (Wildman–Crippen LogP) is 4.18. The van der Waals surface area contributed by atoms with E-state index in [0.717, 1.165) is 22.9 Å². The highest BCUT2D eigenvalue weighted by Gasteiger charge is 2.33. The first kappa shape index (κ1) is 22.4. The number of pyridine rings is 1. The van der Waals surface area contributed by atoms with Crippen molar-refractivity contribution in [2.75, 3.05) is 18.4 Å². The van der Waals surface area contributed by atoms with Crippen LogP contribution in [-0.2, 0) is 11.2 Å². The molecule has 8 heteroatoms. The SMILES string of the molecule is CC(C)(C)OC(=O)N1CCc2ccccc2C1CNC(=O)Nc1ccc2c(=O)[nH]ccc2c1. The van der Waals surface area contributed by atoms with Crippen LogP contribution in [0.5, 0.6) is 0 Å². The fourth-order valence-corrected chi connectivity index (χ4v) is 4.05. The summed E-state index contributed by atoms with van der Waals surface area (Å²) in [5.74, 6) is 0. The van der Waals surface area contributed by atoms with E-state index in [4.69, 9.17) is 4.74 Å². The summed E-state index contributed by atoms with van der Waals surface area (Å²) in [5, 5.41) is 6.97. The zero-order chi connectivity index (χ0) is 23.6. The molecule has 0 saturated heterocycles. The lowest BCUT2D eigenvalue weighted by Gasteiger charge is -2.38. The number of benzene rings is 2. The van der Waals surface area contributed by atoms with Gasteiger partial charge in [-0.05, 0) is 68.0 Å². The second kappa shape index (κ2) is 8.97. The molecule has 3 N–H and O–H groups in total. The van der Waals surface area contributed by atoms with Crippen LogP contribution in [0.15, 0.2) is 59.5 Å². The van der Waals surface area contributed by atoms with E-state index in [9.17, 15) is 14.4 Å². The Morgan fingerprint density at radius 2 is 1.94 bits per heavy atom. The van der Waals surface area contributed by atoms with Crippen LogP contribution in [0.4, 0.5) is 15.3 Å². The molecule has 33 heavy (non-hydrogen) atoms. The lowest BCUT2D eigenvalue weighted by atomic mass is 9.93. The maximum atomic E-state index is 12.9. The summed E-state index contributed by atoms with van der Waals surface area (Å²) in [5.41, 5.74) is 1.94. The van der Waals surface area contributed by atoms with Gasteiger partial charge in [-0.2, -0.15) is 0 Å². The van der Waals surface area contributed by atoms with Crippen LogP contribution in [-0.4, -0.2) is 40.7 Å². The normalized spacial score (nSPS) is 15.6. The van der Waals surface area contributed by atoms with Gasteiger partial charge in [-0.15, -0.1) is 0 Å². The van der Waals surface area contributed by atoms with Crippen LogP contribution in [0.3, 0.4) is 0 Å². The molecule has 1 aliphatic rings. The molecule has 2 aromatic carbocycles. The Balaban J connectivity index is 1.48. The van der Waals surface area contributed by atoms with Crippen LogP contribution in [0.2, 0.25) is 0 Å². The quantitative estimate of drug-likeness (QED) is 0.559. The molecule has 0 fully saturated rings. The number of anilines is 1. The van der Waals surface area contributed by atoms with Crippen molar-refractivity contribution in [3.05, 3.63) is 76.2 Å².